The Morgan fingerprint density at radius 1 is 1.03 bits per heavy atom. The zero-order valence-electron chi connectivity index (χ0n) is 16.2. The van der Waals surface area contributed by atoms with Crippen molar-refractivity contribution in [3.05, 3.63) is 60.2 Å². The van der Waals surface area contributed by atoms with Crippen molar-refractivity contribution >= 4 is 23.2 Å². The Bertz CT molecular complexity index is 1050. The molecule has 1 fully saturated rings. The molecule has 9 heteroatoms. The van der Waals surface area contributed by atoms with Gasteiger partial charge in [-0.1, -0.05) is 25.3 Å². The van der Waals surface area contributed by atoms with Crippen LogP contribution in [-0.2, 0) is 4.79 Å². The Balaban J connectivity index is 1.47. The van der Waals surface area contributed by atoms with Crippen LogP contribution in [0.25, 0.3) is 5.69 Å². The first-order valence-corrected chi connectivity index (χ1v) is 9.85. The number of nitrogens with zero attached hydrogens (tertiary/aromatic N) is 4. The molecular formula is C21H21FN6O2. The van der Waals surface area contributed by atoms with Gasteiger partial charge in [0.1, 0.15) is 12.1 Å². The van der Waals surface area contributed by atoms with Crippen molar-refractivity contribution in [3.8, 4) is 5.69 Å². The quantitative estimate of drug-likeness (QED) is 0.672. The standard InChI is InChI=1S/C21H21FN6O2/c22-18-10-9-16(12-19(18)25-20(29)14-5-2-1-3-6-14)24-21(30)15-7-4-8-17(11-15)28-13-23-26-27-28/h4,7-14H,1-3,5-6H2,(H,24,30)(H,25,29). The number of amides is 2. The van der Waals surface area contributed by atoms with Gasteiger partial charge in [0.2, 0.25) is 5.91 Å². The van der Waals surface area contributed by atoms with Gasteiger partial charge in [-0.05, 0) is 59.7 Å². The number of hydrogen-bond donors (Lipinski definition) is 2. The minimum Gasteiger partial charge on any atom is -0.323 e. The molecule has 0 saturated heterocycles. The molecule has 8 nitrogen and oxygen atoms in total. The molecule has 0 atom stereocenters. The van der Waals surface area contributed by atoms with Crippen LogP contribution in [0, 0.1) is 11.7 Å². The Hall–Kier alpha value is -3.62. The Morgan fingerprint density at radius 2 is 1.87 bits per heavy atom. The van der Waals surface area contributed by atoms with E-state index >= 15 is 0 Å². The van der Waals surface area contributed by atoms with Gasteiger partial charge in [0, 0.05) is 17.2 Å². The van der Waals surface area contributed by atoms with Crippen molar-refractivity contribution in [2.24, 2.45) is 5.92 Å². The first-order chi connectivity index (χ1) is 14.6. The summed E-state index contributed by atoms with van der Waals surface area (Å²) in [6.07, 6.45) is 6.23. The average molecular weight is 408 g/mol. The van der Waals surface area contributed by atoms with Gasteiger partial charge in [-0.3, -0.25) is 9.59 Å². The summed E-state index contributed by atoms with van der Waals surface area (Å²) in [5, 5.41) is 16.4. The lowest BCUT2D eigenvalue weighted by atomic mass is 9.88. The molecule has 3 aromatic rings. The topological polar surface area (TPSA) is 102 Å². The van der Waals surface area contributed by atoms with Gasteiger partial charge in [0.05, 0.1) is 11.4 Å². The van der Waals surface area contributed by atoms with E-state index in [4.69, 9.17) is 0 Å². The van der Waals surface area contributed by atoms with Crippen LogP contribution in [0.1, 0.15) is 42.5 Å². The molecule has 2 amide bonds. The van der Waals surface area contributed by atoms with E-state index in [1.165, 1.54) is 29.2 Å². The number of carbonyl (C=O) groups is 2. The minimum absolute atomic E-state index is 0.0609. The molecule has 1 aromatic heterocycles. The minimum atomic E-state index is -0.544. The highest BCUT2D eigenvalue weighted by Crippen LogP contribution is 2.27. The molecule has 0 bridgehead atoms. The number of halogens is 1. The summed E-state index contributed by atoms with van der Waals surface area (Å²) in [6.45, 7) is 0. The summed E-state index contributed by atoms with van der Waals surface area (Å²) in [6, 6.07) is 10.9. The molecule has 0 spiro atoms. The molecule has 0 aliphatic heterocycles. The Kier molecular flexibility index (Phi) is 5.78. The van der Waals surface area contributed by atoms with Crippen LogP contribution in [-0.4, -0.2) is 32.0 Å². The lowest BCUT2D eigenvalue weighted by Crippen LogP contribution is -2.25. The van der Waals surface area contributed by atoms with Gasteiger partial charge in [-0.15, -0.1) is 5.10 Å². The Morgan fingerprint density at radius 3 is 2.63 bits per heavy atom. The van der Waals surface area contributed by atoms with Crippen molar-refractivity contribution in [1.29, 1.82) is 0 Å². The van der Waals surface area contributed by atoms with Crippen LogP contribution in [0.4, 0.5) is 15.8 Å². The number of nitrogens with one attached hydrogen (secondary N) is 2. The van der Waals surface area contributed by atoms with E-state index in [-0.39, 0.29) is 23.4 Å². The second-order valence-electron chi connectivity index (χ2n) is 7.28. The van der Waals surface area contributed by atoms with Crippen molar-refractivity contribution < 1.29 is 14.0 Å². The average Bonchev–Trinajstić information content (AvgIpc) is 3.32. The fourth-order valence-corrected chi connectivity index (χ4v) is 3.57. The fraction of sp³-hybridized carbons (Fsp3) is 0.286. The molecule has 0 radical (unpaired) electrons. The molecular weight excluding hydrogens is 387 g/mol. The summed E-state index contributed by atoms with van der Waals surface area (Å²) < 4.78 is 15.7. The second-order valence-corrected chi connectivity index (χ2v) is 7.28. The van der Waals surface area contributed by atoms with Crippen molar-refractivity contribution in [1.82, 2.24) is 20.2 Å². The zero-order valence-corrected chi connectivity index (χ0v) is 16.2. The van der Waals surface area contributed by atoms with E-state index in [1.54, 1.807) is 24.3 Å². The summed E-state index contributed by atoms with van der Waals surface area (Å²) in [5.74, 6) is -1.18. The van der Waals surface area contributed by atoms with Crippen LogP contribution in [0.5, 0.6) is 0 Å². The Labute approximate surface area is 172 Å². The van der Waals surface area contributed by atoms with Crippen LogP contribution >= 0.6 is 0 Å². The number of aromatic nitrogens is 4. The SMILES string of the molecule is O=C(Nc1ccc(F)c(NC(=O)C2CCCCC2)c1)c1cccc(-n2cnnn2)c1. The van der Waals surface area contributed by atoms with Gasteiger partial charge in [-0.25, -0.2) is 9.07 Å². The fourth-order valence-electron chi connectivity index (χ4n) is 3.57. The van der Waals surface area contributed by atoms with E-state index in [0.29, 0.717) is 16.9 Å². The van der Waals surface area contributed by atoms with Gasteiger partial charge >= 0.3 is 0 Å². The van der Waals surface area contributed by atoms with Crippen LogP contribution < -0.4 is 10.6 Å². The third kappa shape index (κ3) is 4.51. The molecule has 0 unspecified atom stereocenters. The van der Waals surface area contributed by atoms with Crippen LogP contribution in [0.2, 0.25) is 0 Å². The largest absolute Gasteiger partial charge is 0.323 e. The van der Waals surface area contributed by atoms with E-state index in [1.807, 2.05) is 0 Å². The second kappa shape index (κ2) is 8.81. The number of benzene rings is 2. The number of tetrazole rings is 1. The third-order valence-corrected chi connectivity index (χ3v) is 5.18. The molecule has 1 heterocycles. The highest BCUT2D eigenvalue weighted by molar-refractivity contribution is 6.05. The molecule has 4 rings (SSSR count). The number of carbonyl (C=O) groups excluding carboxylic acids is 2. The number of rotatable bonds is 5. The van der Waals surface area contributed by atoms with Crippen LogP contribution in [0.3, 0.4) is 0 Å². The predicted octanol–water partition coefficient (Wildman–Crippen LogP) is 3.57. The first kappa shape index (κ1) is 19.7. The predicted molar refractivity (Wildman–Crippen MR) is 109 cm³/mol. The van der Waals surface area contributed by atoms with E-state index in [2.05, 4.69) is 26.2 Å². The van der Waals surface area contributed by atoms with Gasteiger partial charge in [0.15, 0.2) is 0 Å². The normalized spacial score (nSPS) is 14.3. The van der Waals surface area contributed by atoms with Crippen molar-refractivity contribution in [3.63, 3.8) is 0 Å². The monoisotopic (exact) mass is 408 g/mol. The molecule has 154 valence electrons. The van der Waals surface area contributed by atoms with Gasteiger partial charge in [-0.2, -0.15) is 0 Å². The lowest BCUT2D eigenvalue weighted by molar-refractivity contribution is -0.120. The van der Waals surface area contributed by atoms with Gasteiger partial charge in [0.25, 0.3) is 5.91 Å². The lowest BCUT2D eigenvalue weighted by Gasteiger charge is -2.21. The molecule has 1 aliphatic carbocycles. The number of hydrogen-bond acceptors (Lipinski definition) is 5. The van der Waals surface area contributed by atoms with Crippen LogP contribution in [0.15, 0.2) is 48.8 Å². The number of anilines is 2. The summed E-state index contributed by atoms with van der Waals surface area (Å²) >= 11 is 0. The maximum absolute atomic E-state index is 14.2. The summed E-state index contributed by atoms with van der Waals surface area (Å²) in [4.78, 5) is 25.1. The van der Waals surface area contributed by atoms with E-state index in [9.17, 15) is 14.0 Å². The zero-order chi connectivity index (χ0) is 20.9. The molecule has 1 saturated carbocycles. The summed E-state index contributed by atoms with van der Waals surface area (Å²) in [5.41, 5.74) is 1.46. The maximum Gasteiger partial charge on any atom is 0.255 e. The van der Waals surface area contributed by atoms with Crippen molar-refractivity contribution in [2.75, 3.05) is 10.6 Å². The molecule has 2 N–H and O–H groups in total. The highest BCUT2D eigenvalue weighted by atomic mass is 19.1. The van der Waals surface area contributed by atoms with Crippen molar-refractivity contribution in [2.45, 2.75) is 32.1 Å². The maximum atomic E-state index is 14.2. The van der Waals surface area contributed by atoms with Gasteiger partial charge < -0.3 is 10.6 Å². The van der Waals surface area contributed by atoms with E-state index < -0.39 is 5.82 Å². The van der Waals surface area contributed by atoms with E-state index in [0.717, 1.165) is 32.1 Å². The summed E-state index contributed by atoms with van der Waals surface area (Å²) in [7, 11) is 0. The first-order valence-electron chi connectivity index (χ1n) is 9.85. The highest BCUT2D eigenvalue weighted by Gasteiger charge is 2.22. The molecule has 30 heavy (non-hydrogen) atoms. The third-order valence-electron chi connectivity index (χ3n) is 5.18. The smallest absolute Gasteiger partial charge is 0.255 e. The molecule has 1 aliphatic rings. The molecule has 2 aromatic carbocycles.